The molecule has 0 spiro atoms. The van der Waals surface area contributed by atoms with E-state index in [4.69, 9.17) is 14.2 Å². The highest BCUT2D eigenvalue weighted by Crippen LogP contribution is 2.25. The molecule has 61 heavy (non-hydrogen) atoms. The number of ether oxygens (including phenoxy) is 3. The van der Waals surface area contributed by atoms with Crippen molar-refractivity contribution in [3.63, 3.8) is 0 Å². The maximum atomic E-state index is 13.8. The number of amides is 2. The molecule has 0 unspecified atom stereocenters. The molecule has 6 aromatic rings. The Morgan fingerprint density at radius 1 is 0.557 bits per heavy atom. The molecule has 2 amide bonds. The van der Waals surface area contributed by atoms with Gasteiger partial charge in [0.2, 0.25) is 0 Å². The van der Waals surface area contributed by atoms with Crippen LogP contribution in [0.3, 0.4) is 0 Å². The second-order valence-electron chi connectivity index (χ2n) is 13.0. The molecule has 2 N–H and O–H groups in total. The second kappa shape index (κ2) is 21.0. The van der Waals surface area contributed by atoms with Gasteiger partial charge in [-0.2, -0.15) is 0 Å². The molecule has 314 valence electrons. The standard InChI is InChI=1S/C22H19F2N3O4.C22H19F2N3O3/c1-13-6-7-14(22(29)31-9-8-30-2)10-15(13)18-11-26-19(12-25-18)27-21(28)20-16(23)4-3-5-17(20)24;1-3-9-30-22(29)14-8-7-13(2)15(10-14)18-11-26-19(12-25-18)27-21(28)20-16(23)5-4-6-17(20)24/h3-7,10-12H,8-9H2,1-2H3,(H,26,27,28);4-8,10-12H,3,9H2,1-2H3,(H,26,27,28). The van der Waals surface area contributed by atoms with Crippen LogP contribution in [0.1, 0.15) is 65.9 Å². The van der Waals surface area contributed by atoms with Crippen molar-refractivity contribution in [3.05, 3.63) is 154 Å². The van der Waals surface area contributed by atoms with Gasteiger partial charge in [0.1, 0.15) is 41.0 Å². The Morgan fingerprint density at radius 3 is 1.33 bits per heavy atom. The van der Waals surface area contributed by atoms with Crippen molar-refractivity contribution in [3.8, 4) is 22.5 Å². The number of aromatic nitrogens is 4. The Kier molecular flexibility index (Phi) is 15.4. The molecule has 0 radical (unpaired) electrons. The Labute approximate surface area is 347 Å². The van der Waals surface area contributed by atoms with Crippen molar-refractivity contribution in [1.82, 2.24) is 19.9 Å². The molecule has 2 heterocycles. The van der Waals surface area contributed by atoms with Crippen molar-refractivity contribution in [1.29, 1.82) is 0 Å². The lowest BCUT2D eigenvalue weighted by Gasteiger charge is -2.10. The molecule has 13 nitrogen and oxygen atoms in total. The first kappa shape index (κ1) is 44.7. The summed E-state index contributed by atoms with van der Waals surface area (Å²) in [6.45, 7) is 6.36. The maximum Gasteiger partial charge on any atom is 0.338 e. The molecule has 0 atom stereocenters. The molecule has 17 heteroatoms. The van der Waals surface area contributed by atoms with Crippen LogP contribution in [0.15, 0.2) is 97.6 Å². The summed E-state index contributed by atoms with van der Waals surface area (Å²) in [7, 11) is 1.51. The van der Waals surface area contributed by atoms with Crippen molar-refractivity contribution >= 4 is 35.4 Å². The molecular formula is C44H38F4N6O7. The third-order valence-electron chi connectivity index (χ3n) is 8.62. The smallest absolute Gasteiger partial charge is 0.338 e. The number of benzene rings is 4. The van der Waals surface area contributed by atoms with Gasteiger partial charge in [-0.3, -0.25) is 19.6 Å². The summed E-state index contributed by atoms with van der Waals surface area (Å²) >= 11 is 0. The molecule has 0 saturated carbocycles. The third-order valence-corrected chi connectivity index (χ3v) is 8.62. The number of carbonyl (C=O) groups is 4. The number of nitrogens with zero attached hydrogens (tertiary/aromatic N) is 4. The Morgan fingerprint density at radius 2 is 0.967 bits per heavy atom. The molecule has 4 aromatic carbocycles. The van der Waals surface area contributed by atoms with Crippen LogP contribution in [0.2, 0.25) is 0 Å². The minimum atomic E-state index is -0.980. The van der Waals surface area contributed by atoms with Crippen molar-refractivity contribution in [2.24, 2.45) is 0 Å². The van der Waals surface area contributed by atoms with E-state index in [9.17, 15) is 36.7 Å². The van der Waals surface area contributed by atoms with Crippen LogP contribution in [0, 0.1) is 37.1 Å². The van der Waals surface area contributed by atoms with Gasteiger partial charge in [-0.25, -0.2) is 37.1 Å². The summed E-state index contributed by atoms with van der Waals surface area (Å²) in [5, 5.41) is 4.63. The number of rotatable bonds is 13. The van der Waals surface area contributed by atoms with Gasteiger partial charge in [-0.1, -0.05) is 31.2 Å². The summed E-state index contributed by atoms with van der Waals surface area (Å²) in [6.07, 6.45) is 6.04. The van der Waals surface area contributed by atoms with E-state index in [0.717, 1.165) is 41.8 Å². The van der Waals surface area contributed by atoms with E-state index in [0.29, 0.717) is 46.9 Å². The van der Waals surface area contributed by atoms with E-state index in [2.05, 4.69) is 30.6 Å². The zero-order chi connectivity index (χ0) is 44.1. The molecule has 0 bridgehead atoms. The lowest BCUT2D eigenvalue weighted by molar-refractivity contribution is 0.0387. The lowest BCUT2D eigenvalue weighted by Crippen LogP contribution is -2.16. The predicted molar refractivity (Wildman–Crippen MR) is 216 cm³/mol. The fourth-order valence-corrected chi connectivity index (χ4v) is 5.48. The Hall–Kier alpha value is -7.40. The molecule has 0 saturated heterocycles. The van der Waals surface area contributed by atoms with Crippen molar-refractivity contribution < 1.29 is 51.0 Å². The van der Waals surface area contributed by atoms with E-state index < -0.39 is 58.1 Å². The lowest BCUT2D eigenvalue weighted by atomic mass is 10.0. The van der Waals surface area contributed by atoms with E-state index in [1.807, 2.05) is 20.8 Å². The minimum absolute atomic E-state index is 0.0178. The number of hydrogen-bond acceptors (Lipinski definition) is 11. The van der Waals surface area contributed by atoms with Gasteiger partial charge < -0.3 is 24.8 Å². The van der Waals surface area contributed by atoms with Gasteiger partial charge >= 0.3 is 11.9 Å². The van der Waals surface area contributed by atoms with Crippen LogP contribution < -0.4 is 10.6 Å². The van der Waals surface area contributed by atoms with Crippen LogP contribution in [0.4, 0.5) is 29.2 Å². The van der Waals surface area contributed by atoms with Crippen LogP contribution >= 0.6 is 0 Å². The maximum absolute atomic E-state index is 13.8. The Bertz CT molecular complexity index is 2500. The van der Waals surface area contributed by atoms with Crippen molar-refractivity contribution in [2.75, 3.05) is 37.6 Å². The molecular weight excluding hydrogens is 801 g/mol. The first-order valence-electron chi connectivity index (χ1n) is 18.5. The SMILES string of the molecule is CCCOC(=O)c1ccc(C)c(-c2cnc(NC(=O)c3c(F)cccc3F)cn2)c1.COCCOC(=O)c1ccc(C)c(-c2cnc(NC(=O)c3c(F)cccc3F)cn2)c1. The first-order chi connectivity index (χ1) is 29.3. The normalized spacial score (nSPS) is 10.6. The highest BCUT2D eigenvalue weighted by atomic mass is 19.1. The summed E-state index contributed by atoms with van der Waals surface area (Å²) < 4.78 is 70.1. The average Bonchev–Trinajstić information content (AvgIpc) is 3.24. The number of carbonyl (C=O) groups excluding carboxylic acids is 4. The average molecular weight is 839 g/mol. The topological polar surface area (TPSA) is 172 Å². The number of anilines is 2. The largest absolute Gasteiger partial charge is 0.462 e. The molecule has 6 rings (SSSR count). The number of nitrogens with one attached hydrogen (secondary N) is 2. The highest BCUT2D eigenvalue weighted by Gasteiger charge is 2.20. The number of halogens is 4. The monoisotopic (exact) mass is 838 g/mol. The zero-order valence-electron chi connectivity index (χ0n) is 33.2. The number of esters is 2. The van der Waals surface area contributed by atoms with Gasteiger partial charge in [0, 0.05) is 18.2 Å². The molecule has 0 aliphatic heterocycles. The van der Waals surface area contributed by atoms with Gasteiger partial charge in [-0.05, 0) is 79.9 Å². The van der Waals surface area contributed by atoms with E-state index in [1.165, 1.54) is 44.0 Å². The van der Waals surface area contributed by atoms with Gasteiger partial charge in [0.25, 0.3) is 11.8 Å². The predicted octanol–water partition coefficient (Wildman–Crippen LogP) is 8.34. The summed E-state index contributed by atoms with van der Waals surface area (Å²) in [5.41, 5.74) is 3.25. The molecule has 0 aliphatic rings. The second-order valence-corrected chi connectivity index (χ2v) is 13.0. The Balaban J connectivity index is 0.000000231. The minimum Gasteiger partial charge on any atom is -0.462 e. The van der Waals surface area contributed by atoms with E-state index in [-0.39, 0.29) is 18.2 Å². The summed E-state index contributed by atoms with van der Waals surface area (Å²) in [5.74, 6) is -6.73. The molecule has 0 fully saturated rings. The summed E-state index contributed by atoms with van der Waals surface area (Å²) in [4.78, 5) is 65.2. The van der Waals surface area contributed by atoms with E-state index >= 15 is 0 Å². The number of hydrogen-bond donors (Lipinski definition) is 2. The van der Waals surface area contributed by atoms with E-state index in [1.54, 1.807) is 36.4 Å². The van der Waals surface area contributed by atoms with Gasteiger partial charge in [0.15, 0.2) is 11.6 Å². The zero-order valence-corrected chi connectivity index (χ0v) is 33.2. The van der Waals surface area contributed by atoms with Crippen molar-refractivity contribution in [2.45, 2.75) is 27.2 Å². The van der Waals surface area contributed by atoms with Crippen LogP contribution in [-0.4, -0.2) is 70.6 Å². The summed E-state index contributed by atoms with van der Waals surface area (Å²) in [6, 6.07) is 16.4. The van der Waals surface area contributed by atoms with Gasteiger partial charge in [0.05, 0.1) is 60.5 Å². The number of methoxy groups -OCH3 is 1. The fourth-order valence-electron chi connectivity index (χ4n) is 5.48. The quantitative estimate of drug-likeness (QED) is 0.0651. The molecule has 2 aromatic heterocycles. The van der Waals surface area contributed by atoms with Crippen LogP contribution in [0.25, 0.3) is 22.5 Å². The first-order valence-corrected chi connectivity index (χ1v) is 18.5. The number of aryl methyl sites for hydroxylation is 2. The highest BCUT2D eigenvalue weighted by molar-refractivity contribution is 6.04. The third kappa shape index (κ3) is 11.6. The van der Waals surface area contributed by atoms with Crippen LogP contribution in [-0.2, 0) is 14.2 Å². The fraction of sp³-hybridized carbons (Fsp3) is 0.182. The van der Waals surface area contributed by atoms with Crippen LogP contribution in [0.5, 0.6) is 0 Å². The molecule has 0 aliphatic carbocycles. The van der Waals surface area contributed by atoms with Gasteiger partial charge in [-0.15, -0.1) is 0 Å².